The van der Waals surface area contributed by atoms with E-state index in [0.717, 1.165) is 0 Å². The third kappa shape index (κ3) is 3.58. The number of hydrogen-bond acceptors (Lipinski definition) is 2. The first-order valence-corrected chi connectivity index (χ1v) is 9.08. The van der Waals surface area contributed by atoms with E-state index in [9.17, 15) is 31.1 Å². The Morgan fingerprint density at radius 3 is 2.39 bits per heavy atom. The molecule has 3 rings (SSSR count). The van der Waals surface area contributed by atoms with Crippen molar-refractivity contribution in [1.82, 2.24) is 0 Å². The van der Waals surface area contributed by atoms with Gasteiger partial charge in [-0.1, -0.05) is 26.0 Å². The highest BCUT2D eigenvalue weighted by Gasteiger charge is 2.44. The molecule has 0 saturated heterocycles. The lowest BCUT2D eigenvalue weighted by Gasteiger charge is -2.39. The number of carbonyl (C=O) groups excluding carboxylic acids is 1. The van der Waals surface area contributed by atoms with Gasteiger partial charge in [-0.3, -0.25) is 4.79 Å². The number of fused-ring (bicyclic) bond motifs is 3. The smallest absolute Gasteiger partial charge is 0.364 e. The van der Waals surface area contributed by atoms with Crippen LogP contribution in [0.5, 0.6) is 0 Å². The Hall–Kier alpha value is -2.19. The van der Waals surface area contributed by atoms with Gasteiger partial charge in [0.25, 0.3) is 0 Å². The van der Waals surface area contributed by atoms with Crippen LogP contribution in [0, 0.1) is 0 Å². The summed E-state index contributed by atoms with van der Waals surface area (Å²) in [6, 6.07) is -1.08. The van der Waals surface area contributed by atoms with Crippen LogP contribution in [-0.4, -0.2) is 24.7 Å². The number of nitrogens with zero attached hydrogens (tertiary/aromatic N) is 1. The first kappa shape index (κ1) is 20.5. The van der Waals surface area contributed by atoms with E-state index in [4.69, 9.17) is 0 Å². The summed E-state index contributed by atoms with van der Waals surface area (Å²) in [7, 11) is 0. The molecule has 9 heteroatoms. The molecule has 2 heterocycles. The monoisotopic (exact) mass is 406 g/mol. The number of anilines is 2. The van der Waals surface area contributed by atoms with Crippen LogP contribution in [0.2, 0.25) is 0 Å². The van der Waals surface area contributed by atoms with Crippen molar-refractivity contribution in [3.05, 3.63) is 28.3 Å². The summed E-state index contributed by atoms with van der Waals surface area (Å²) in [5.74, 6) is -0.552. The molecule has 28 heavy (non-hydrogen) atoms. The van der Waals surface area contributed by atoms with Gasteiger partial charge in [0.05, 0.1) is 30.1 Å². The van der Waals surface area contributed by atoms with Crippen LogP contribution in [0.4, 0.5) is 37.7 Å². The van der Waals surface area contributed by atoms with Gasteiger partial charge in [0.15, 0.2) is 0 Å². The number of benzene rings is 1. The van der Waals surface area contributed by atoms with Crippen molar-refractivity contribution in [3.63, 3.8) is 0 Å². The zero-order valence-corrected chi connectivity index (χ0v) is 15.4. The molecule has 2 aliphatic heterocycles. The summed E-state index contributed by atoms with van der Waals surface area (Å²) in [6.07, 6.45) is -7.29. The molecule has 0 aliphatic carbocycles. The molecule has 1 amide bonds. The van der Waals surface area contributed by atoms with Crippen LogP contribution in [0.1, 0.15) is 48.9 Å². The van der Waals surface area contributed by atoms with Crippen LogP contribution >= 0.6 is 0 Å². The Labute approximate surface area is 158 Å². The second-order valence-electron chi connectivity index (χ2n) is 6.98. The van der Waals surface area contributed by atoms with Gasteiger partial charge in [0.1, 0.15) is 0 Å². The molecule has 2 aliphatic rings. The highest BCUT2D eigenvalue weighted by Crippen LogP contribution is 2.50. The Morgan fingerprint density at radius 1 is 1.18 bits per heavy atom. The zero-order chi connectivity index (χ0) is 20.9. The molecule has 1 N–H and O–H groups in total. The fourth-order valence-electron chi connectivity index (χ4n) is 4.10. The van der Waals surface area contributed by atoms with Crippen LogP contribution in [0.25, 0.3) is 6.08 Å². The SMILES string of the molecule is CCCN1c2c(c3c(c(C(F)(F)F)c2CC)NC(=O)C3)C=CC1CC(F)(F)F. The molecule has 1 unspecified atom stereocenters. The summed E-state index contributed by atoms with van der Waals surface area (Å²) in [6.45, 7) is 3.48. The van der Waals surface area contributed by atoms with Crippen LogP contribution in [0.3, 0.4) is 0 Å². The van der Waals surface area contributed by atoms with Gasteiger partial charge in [-0.2, -0.15) is 26.3 Å². The Morgan fingerprint density at radius 2 is 1.86 bits per heavy atom. The molecule has 0 spiro atoms. The molecule has 0 fully saturated rings. The maximum absolute atomic E-state index is 13.9. The average molecular weight is 406 g/mol. The summed E-state index contributed by atoms with van der Waals surface area (Å²) in [4.78, 5) is 13.3. The number of rotatable bonds is 4. The van der Waals surface area contributed by atoms with Crippen LogP contribution < -0.4 is 10.2 Å². The zero-order valence-electron chi connectivity index (χ0n) is 15.4. The van der Waals surface area contributed by atoms with Gasteiger partial charge < -0.3 is 10.2 Å². The highest BCUT2D eigenvalue weighted by molar-refractivity contribution is 6.04. The topological polar surface area (TPSA) is 32.3 Å². The third-order valence-corrected chi connectivity index (χ3v) is 5.04. The number of hydrogen-bond donors (Lipinski definition) is 1. The van der Waals surface area contributed by atoms with E-state index in [0.29, 0.717) is 12.0 Å². The fraction of sp³-hybridized carbons (Fsp3) is 0.526. The molecule has 0 bridgehead atoms. The van der Waals surface area contributed by atoms with Crippen LogP contribution in [0.15, 0.2) is 6.08 Å². The first-order chi connectivity index (χ1) is 13.0. The van der Waals surface area contributed by atoms with E-state index < -0.39 is 36.3 Å². The van der Waals surface area contributed by atoms with Crippen molar-refractivity contribution >= 4 is 23.4 Å². The second-order valence-corrected chi connectivity index (χ2v) is 6.98. The average Bonchev–Trinajstić information content (AvgIpc) is 2.93. The summed E-state index contributed by atoms with van der Waals surface area (Å²) in [5.41, 5.74) is -0.505. The molecule has 154 valence electrons. The number of halogens is 6. The predicted octanol–water partition coefficient (Wildman–Crippen LogP) is 5.33. The van der Waals surface area contributed by atoms with Gasteiger partial charge in [-0.15, -0.1) is 0 Å². The minimum absolute atomic E-state index is 0.0207. The third-order valence-electron chi connectivity index (χ3n) is 5.04. The fourth-order valence-corrected chi connectivity index (χ4v) is 4.10. The predicted molar refractivity (Wildman–Crippen MR) is 94.3 cm³/mol. The molecule has 0 aromatic heterocycles. The number of carbonyl (C=O) groups is 1. The number of alkyl halides is 6. The second kappa shape index (κ2) is 7.00. The van der Waals surface area contributed by atoms with Crippen molar-refractivity contribution in [1.29, 1.82) is 0 Å². The number of nitrogens with one attached hydrogen (secondary N) is 1. The van der Waals surface area contributed by atoms with Crippen molar-refractivity contribution in [2.75, 3.05) is 16.8 Å². The number of amides is 1. The summed E-state index contributed by atoms with van der Waals surface area (Å²) >= 11 is 0. The molecule has 0 saturated carbocycles. The molecule has 1 aromatic rings. The highest BCUT2D eigenvalue weighted by atomic mass is 19.4. The van der Waals surface area contributed by atoms with E-state index >= 15 is 0 Å². The molecular formula is C19H20F6N2O. The van der Waals surface area contributed by atoms with E-state index in [-0.39, 0.29) is 41.9 Å². The minimum atomic E-state index is -4.74. The van der Waals surface area contributed by atoms with E-state index in [1.807, 2.05) is 0 Å². The first-order valence-electron chi connectivity index (χ1n) is 9.08. The van der Waals surface area contributed by atoms with Crippen molar-refractivity contribution in [3.8, 4) is 0 Å². The Bertz CT molecular complexity index is 825. The Kier molecular flexibility index (Phi) is 5.14. The lowest BCUT2D eigenvalue weighted by molar-refractivity contribution is -0.138. The molecule has 0 radical (unpaired) electrons. The Balaban J connectivity index is 2.29. The quantitative estimate of drug-likeness (QED) is 0.686. The largest absolute Gasteiger partial charge is 0.418 e. The van der Waals surface area contributed by atoms with Gasteiger partial charge in [-0.05, 0) is 24.0 Å². The van der Waals surface area contributed by atoms with Gasteiger partial charge >= 0.3 is 12.4 Å². The van der Waals surface area contributed by atoms with Crippen molar-refractivity contribution in [2.45, 2.75) is 57.9 Å². The van der Waals surface area contributed by atoms with Gasteiger partial charge in [0, 0.05) is 17.8 Å². The standard InChI is InChI=1S/C19H20F6N2O/c1-3-7-27-10(9-18(20,21)22)5-6-12-13-8-14(28)26-16(13)15(19(23,24)25)11(4-2)17(12)27/h5-6,10H,3-4,7-9H2,1-2H3,(H,26,28). The van der Waals surface area contributed by atoms with Crippen molar-refractivity contribution < 1.29 is 31.1 Å². The maximum Gasteiger partial charge on any atom is 0.418 e. The van der Waals surface area contributed by atoms with Crippen molar-refractivity contribution in [2.24, 2.45) is 0 Å². The maximum atomic E-state index is 13.9. The van der Waals surface area contributed by atoms with Gasteiger partial charge in [-0.25, -0.2) is 0 Å². The molecular weight excluding hydrogens is 386 g/mol. The van der Waals surface area contributed by atoms with Gasteiger partial charge in [0.2, 0.25) is 5.91 Å². The van der Waals surface area contributed by atoms with E-state index in [1.54, 1.807) is 6.92 Å². The molecule has 1 atom stereocenters. The molecule has 3 nitrogen and oxygen atoms in total. The molecule has 1 aromatic carbocycles. The lowest BCUT2D eigenvalue weighted by atomic mass is 9.87. The van der Waals surface area contributed by atoms with Crippen LogP contribution in [-0.2, 0) is 23.8 Å². The van der Waals surface area contributed by atoms with E-state index in [2.05, 4.69) is 5.32 Å². The summed E-state index contributed by atoms with van der Waals surface area (Å²) < 4.78 is 80.9. The minimum Gasteiger partial charge on any atom is -0.364 e. The lowest BCUT2D eigenvalue weighted by Crippen LogP contribution is -2.41. The summed E-state index contributed by atoms with van der Waals surface area (Å²) in [5, 5.41) is 2.30. The van der Waals surface area contributed by atoms with E-state index in [1.165, 1.54) is 24.0 Å². The normalized spacial score (nSPS) is 18.9.